The molecular weight excluding hydrogens is 709 g/mol. The van der Waals surface area contributed by atoms with Crippen LogP contribution in [0, 0.1) is 0 Å². The summed E-state index contributed by atoms with van der Waals surface area (Å²) in [6, 6.07) is 65.3. The second kappa shape index (κ2) is 15.0. The van der Waals surface area contributed by atoms with Crippen LogP contribution in [-0.2, 0) is 0 Å². The van der Waals surface area contributed by atoms with E-state index < -0.39 is 0 Å². The highest BCUT2D eigenvalue weighted by Crippen LogP contribution is 2.28. The predicted molar refractivity (Wildman–Crippen MR) is 235 cm³/mol. The Kier molecular flexibility index (Phi) is 8.93. The quantitative estimate of drug-likeness (QED) is 0.122. The first-order chi connectivity index (χ1) is 28.7. The molecule has 0 aliphatic carbocycles. The average molecular weight is 747 g/mol. The predicted octanol–water partition coefficient (Wildman–Crippen LogP) is 8.28. The molecule has 5 heterocycles. The lowest BCUT2D eigenvalue weighted by Crippen LogP contribution is -2.19. The molecule has 10 rings (SSSR count). The van der Waals surface area contributed by atoms with E-state index in [-0.39, 0.29) is 0 Å². The Morgan fingerprint density at radius 1 is 0.328 bits per heavy atom. The van der Waals surface area contributed by atoms with Gasteiger partial charge in [-0.05, 0) is 70.3 Å². The van der Waals surface area contributed by atoms with Crippen molar-refractivity contribution in [3.05, 3.63) is 271 Å². The Hall–Kier alpha value is -7.89. The van der Waals surface area contributed by atoms with E-state index >= 15 is 0 Å². The van der Waals surface area contributed by atoms with Crippen molar-refractivity contribution in [1.82, 2.24) is 19.9 Å². The Labute approximate surface area is 335 Å². The van der Waals surface area contributed by atoms with E-state index in [1.165, 1.54) is 0 Å². The summed E-state index contributed by atoms with van der Waals surface area (Å²) in [5.74, 6) is 0. The second-order valence-electron chi connectivity index (χ2n) is 14.5. The van der Waals surface area contributed by atoms with Crippen LogP contribution in [0.3, 0.4) is 0 Å². The zero-order chi connectivity index (χ0) is 38.8. The molecule has 58 heavy (non-hydrogen) atoms. The number of hydrogen-bond acceptors (Lipinski definition) is 1. The van der Waals surface area contributed by atoms with Crippen LogP contribution in [0.4, 0.5) is 0 Å². The van der Waals surface area contributed by atoms with Crippen molar-refractivity contribution in [1.29, 1.82) is 0 Å². The minimum Gasteiger partial charge on any atom is -0.354 e. The number of carbonyl (C=O) groups is 1. The van der Waals surface area contributed by atoms with Gasteiger partial charge in [-0.3, -0.25) is 4.79 Å². The fourth-order valence-electron chi connectivity index (χ4n) is 8.10. The molecule has 0 spiro atoms. The van der Waals surface area contributed by atoms with E-state index in [2.05, 4.69) is 196 Å². The third-order valence-electron chi connectivity index (χ3n) is 10.8. The van der Waals surface area contributed by atoms with Gasteiger partial charge in [-0.25, -0.2) is 0 Å². The van der Waals surface area contributed by atoms with Gasteiger partial charge in [0, 0.05) is 72.2 Å². The maximum atomic E-state index is 11.4. The number of carbonyl (C=O) groups excluding carboxylic acids is 1. The smallest absolute Gasteiger partial charge is 0.150 e. The number of rotatable bonds is 7. The molecule has 4 N–H and O–H groups in total. The Morgan fingerprint density at radius 2 is 0.724 bits per heavy atom. The van der Waals surface area contributed by atoms with Gasteiger partial charge in [0.15, 0.2) is 0 Å². The van der Waals surface area contributed by atoms with Crippen LogP contribution in [0.2, 0.25) is 0 Å². The molecule has 0 fully saturated rings. The van der Waals surface area contributed by atoms with Crippen molar-refractivity contribution in [3.63, 3.8) is 0 Å². The van der Waals surface area contributed by atoms with Gasteiger partial charge in [0.2, 0.25) is 0 Å². The Balaban J connectivity index is 1.36. The van der Waals surface area contributed by atoms with E-state index in [1.807, 2.05) is 24.3 Å². The number of H-pyrrole nitrogens is 4. The third kappa shape index (κ3) is 6.51. The number of hydrogen-bond donors (Lipinski definition) is 4. The molecule has 0 saturated heterocycles. The number of fused-ring (bicyclic) bond motifs is 8. The second-order valence-corrected chi connectivity index (χ2v) is 14.5. The van der Waals surface area contributed by atoms with Gasteiger partial charge in [-0.15, -0.1) is 0 Å². The molecule has 4 aromatic heterocycles. The van der Waals surface area contributed by atoms with Gasteiger partial charge in [0.1, 0.15) is 6.29 Å². The first kappa shape index (κ1) is 34.6. The first-order valence-electron chi connectivity index (χ1n) is 19.5. The summed E-state index contributed by atoms with van der Waals surface area (Å²) in [7, 11) is 0. The summed E-state index contributed by atoms with van der Waals surface area (Å²) >= 11 is 0. The van der Waals surface area contributed by atoms with Gasteiger partial charge in [-0.2, -0.15) is 0 Å². The fourth-order valence-corrected chi connectivity index (χ4v) is 8.10. The number of nitrogens with one attached hydrogen (secondary N) is 4. The highest BCUT2D eigenvalue weighted by molar-refractivity contribution is 5.86. The lowest BCUT2D eigenvalue weighted by atomic mass is 10.0. The molecule has 5 heteroatoms. The van der Waals surface area contributed by atoms with Crippen LogP contribution in [-0.4, -0.2) is 26.2 Å². The van der Waals surface area contributed by atoms with E-state index in [4.69, 9.17) is 0 Å². The normalized spacial score (nSPS) is 12.7. The van der Waals surface area contributed by atoms with Crippen LogP contribution in [0.15, 0.2) is 188 Å². The third-order valence-corrected chi connectivity index (χ3v) is 10.8. The zero-order valence-electron chi connectivity index (χ0n) is 31.5. The fraction of sp³-hybridized carbons (Fsp3) is 0. The zero-order valence-corrected chi connectivity index (χ0v) is 31.5. The van der Waals surface area contributed by atoms with Gasteiger partial charge >= 0.3 is 0 Å². The van der Waals surface area contributed by atoms with Crippen molar-refractivity contribution in [2.24, 2.45) is 0 Å². The maximum Gasteiger partial charge on any atom is 0.150 e. The van der Waals surface area contributed by atoms with E-state index in [0.717, 1.165) is 106 Å². The molecule has 0 radical (unpaired) electrons. The van der Waals surface area contributed by atoms with Crippen molar-refractivity contribution in [2.45, 2.75) is 0 Å². The largest absolute Gasteiger partial charge is 0.354 e. The topological polar surface area (TPSA) is 80.2 Å². The van der Waals surface area contributed by atoms with Gasteiger partial charge in [0.05, 0.1) is 5.35 Å². The molecule has 5 nitrogen and oxygen atoms in total. The molecule has 5 aromatic carbocycles. The SMILES string of the molecule is O=Cc1ccc(C=Cc2cc3[nH]c2=C(c2ccccc2)c2ccc([nH]2)C(c2ccccc2)=c2ccc([nH]2)=C(c2ccccc2)c2ccc([nH]2)C=3c2ccccc2)cc1. The van der Waals surface area contributed by atoms with Crippen molar-refractivity contribution >= 4 is 40.7 Å². The number of aromatic amines is 4. The summed E-state index contributed by atoms with van der Waals surface area (Å²) < 4.78 is 0. The van der Waals surface area contributed by atoms with Crippen molar-refractivity contribution < 1.29 is 4.79 Å². The lowest BCUT2D eigenvalue weighted by molar-refractivity contribution is 0.112. The molecule has 0 unspecified atom stereocenters. The highest BCUT2D eigenvalue weighted by atomic mass is 16.1. The Morgan fingerprint density at radius 3 is 1.17 bits per heavy atom. The number of benzene rings is 5. The molecule has 9 aromatic rings. The lowest BCUT2D eigenvalue weighted by Gasteiger charge is -2.10. The van der Waals surface area contributed by atoms with Gasteiger partial charge in [-0.1, -0.05) is 158 Å². The van der Waals surface area contributed by atoms with Crippen LogP contribution < -0.4 is 21.4 Å². The minimum absolute atomic E-state index is 0.648. The van der Waals surface area contributed by atoms with E-state index in [0.29, 0.717) is 5.56 Å². The van der Waals surface area contributed by atoms with E-state index in [9.17, 15) is 4.79 Å². The summed E-state index contributed by atoms with van der Waals surface area (Å²) in [4.78, 5) is 27.1. The standard InChI is InChI=1S/C53H38N4O/c58-34-36-23-21-35(22-24-36)25-26-41-33-48-51(39-17-9-3-10-18-39)46-30-29-44(55-46)49(37-13-5-1-6-14-37)42-27-28-43(54-42)50(38-15-7-2-8-16-38)45-31-32-47(56-45)52(53(41)57-48)40-19-11-4-12-20-40/h1-34,54-57H. The summed E-state index contributed by atoms with van der Waals surface area (Å²) in [6.45, 7) is 0. The minimum atomic E-state index is 0.648. The van der Waals surface area contributed by atoms with Crippen LogP contribution in [0.25, 0.3) is 34.4 Å². The van der Waals surface area contributed by atoms with Crippen molar-refractivity contribution in [2.75, 3.05) is 0 Å². The van der Waals surface area contributed by atoms with Crippen LogP contribution in [0.1, 0.15) is 66.5 Å². The molecule has 276 valence electrons. The molecule has 0 saturated carbocycles. The Bertz CT molecular complexity index is 3200. The summed E-state index contributed by atoms with van der Waals surface area (Å²) in [5.41, 5.74) is 15.2. The monoisotopic (exact) mass is 746 g/mol. The average Bonchev–Trinajstić information content (AvgIpc) is 4.12. The molecule has 8 bridgehead atoms. The number of aldehydes is 1. The van der Waals surface area contributed by atoms with Gasteiger partial charge < -0.3 is 19.9 Å². The van der Waals surface area contributed by atoms with Gasteiger partial charge in [0.25, 0.3) is 0 Å². The molecular formula is C53H38N4O. The molecule has 0 amide bonds. The van der Waals surface area contributed by atoms with Crippen molar-refractivity contribution in [3.8, 4) is 0 Å². The summed E-state index contributed by atoms with van der Waals surface area (Å²) in [5, 5.41) is 3.96. The number of aromatic nitrogens is 4. The highest BCUT2D eigenvalue weighted by Gasteiger charge is 2.19. The summed E-state index contributed by atoms with van der Waals surface area (Å²) in [6.07, 6.45) is 5.15. The molecule has 1 aliphatic rings. The first-order valence-corrected chi connectivity index (χ1v) is 19.5. The van der Waals surface area contributed by atoms with E-state index in [1.54, 1.807) is 0 Å². The van der Waals surface area contributed by atoms with Crippen LogP contribution >= 0.6 is 0 Å². The molecule has 1 aliphatic heterocycles. The molecule has 0 atom stereocenters. The maximum absolute atomic E-state index is 11.4. The van der Waals surface area contributed by atoms with Crippen LogP contribution in [0.5, 0.6) is 0 Å².